The van der Waals surface area contributed by atoms with E-state index in [1.165, 1.54) is 0 Å². The predicted molar refractivity (Wildman–Crippen MR) is 130 cm³/mol. The van der Waals surface area contributed by atoms with E-state index in [2.05, 4.69) is 33.8 Å². The highest BCUT2D eigenvalue weighted by Gasteiger charge is 2.32. The highest BCUT2D eigenvalue weighted by molar-refractivity contribution is 5.97. The number of hydrogen-bond acceptors (Lipinski definition) is 4. The molecule has 0 saturated heterocycles. The van der Waals surface area contributed by atoms with Crippen molar-refractivity contribution in [2.45, 2.75) is 111 Å². The van der Waals surface area contributed by atoms with Crippen molar-refractivity contribution in [1.29, 1.82) is 0 Å². The van der Waals surface area contributed by atoms with Crippen molar-refractivity contribution in [1.82, 2.24) is 0 Å². The van der Waals surface area contributed by atoms with Crippen molar-refractivity contribution in [3.8, 4) is 0 Å². The molecule has 0 aromatic heterocycles. The Hall–Kier alpha value is -1.00. The highest BCUT2D eigenvalue weighted by atomic mass is 16.3. The highest BCUT2D eigenvalue weighted by Crippen LogP contribution is 2.35. The SMILES string of the molecule is CC(C)(CO)CCCC1CCCC(=CCC2CCCC(CCCC(C)(C)CO)C2=O)C1=O. The molecule has 2 N–H and O–H groups in total. The van der Waals surface area contributed by atoms with Crippen molar-refractivity contribution in [3.63, 3.8) is 0 Å². The second-order valence-corrected chi connectivity index (χ2v) is 12.1. The molecule has 0 heterocycles. The summed E-state index contributed by atoms with van der Waals surface area (Å²) in [7, 11) is 0. The Kier molecular flexibility index (Phi) is 10.6. The Morgan fingerprint density at radius 3 is 1.94 bits per heavy atom. The number of allylic oxidation sites excluding steroid dienone is 2. The standard InChI is InChI=1S/C28H48O4/c1-27(2,19-29)17-7-13-21-9-5-11-23(25(21)31)15-16-24-12-6-10-22(26(24)32)14-8-18-28(3,4)20-30/h15,21-22,24,29-30H,5-14,16-20H2,1-4H3. The van der Waals surface area contributed by atoms with Gasteiger partial charge in [-0.05, 0) is 80.6 Å². The number of aliphatic hydroxyl groups is 2. The zero-order valence-electron chi connectivity index (χ0n) is 21.1. The molecule has 4 nitrogen and oxygen atoms in total. The van der Waals surface area contributed by atoms with E-state index in [4.69, 9.17) is 0 Å². The van der Waals surface area contributed by atoms with E-state index in [0.29, 0.717) is 11.6 Å². The molecule has 3 unspecified atom stereocenters. The van der Waals surface area contributed by atoms with Crippen LogP contribution in [0.2, 0.25) is 0 Å². The van der Waals surface area contributed by atoms with Crippen molar-refractivity contribution >= 4 is 11.6 Å². The predicted octanol–water partition coefficient (Wildman–Crippen LogP) is 6.04. The fraction of sp³-hybridized carbons (Fsp3) is 0.857. The molecule has 2 aliphatic rings. The van der Waals surface area contributed by atoms with Crippen LogP contribution in [0.4, 0.5) is 0 Å². The number of ketones is 2. The summed E-state index contributed by atoms with van der Waals surface area (Å²) in [6.07, 6.45) is 14.5. The third-order valence-corrected chi connectivity index (χ3v) is 7.91. The van der Waals surface area contributed by atoms with Crippen LogP contribution in [0.5, 0.6) is 0 Å². The van der Waals surface area contributed by atoms with E-state index in [1.807, 2.05) is 0 Å². The lowest BCUT2D eigenvalue weighted by molar-refractivity contribution is -0.129. The van der Waals surface area contributed by atoms with Gasteiger partial charge in [0.1, 0.15) is 5.78 Å². The minimum Gasteiger partial charge on any atom is -0.396 e. The van der Waals surface area contributed by atoms with Gasteiger partial charge in [0.25, 0.3) is 0 Å². The average Bonchev–Trinajstić information content (AvgIpc) is 2.76. The fourth-order valence-corrected chi connectivity index (χ4v) is 5.38. The monoisotopic (exact) mass is 448 g/mol. The number of Topliss-reactive ketones (excluding diaryl/α,β-unsaturated/α-hetero) is 2. The molecule has 2 saturated carbocycles. The van der Waals surface area contributed by atoms with Gasteiger partial charge in [-0.1, -0.05) is 53.0 Å². The van der Waals surface area contributed by atoms with Crippen molar-refractivity contribution in [2.24, 2.45) is 28.6 Å². The summed E-state index contributed by atoms with van der Waals surface area (Å²) >= 11 is 0. The molecule has 0 radical (unpaired) electrons. The normalized spacial score (nSPS) is 26.7. The van der Waals surface area contributed by atoms with Gasteiger partial charge in [-0.3, -0.25) is 9.59 Å². The molecule has 0 bridgehead atoms. The van der Waals surface area contributed by atoms with E-state index in [0.717, 1.165) is 89.0 Å². The maximum atomic E-state index is 13.0. The number of hydrogen-bond donors (Lipinski definition) is 2. The second kappa shape index (κ2) is 12.5. The molecule has 184 valence electrons. The lowest BCUT2D eigenvalue weighted by Gasteiger charge is -2.29. The van der Waals surface area contributed by atoms with Gasteiger partial charge >= 0.3 is 0 Å². The van der Waals surface area contributed by atoms with E-state index < -0.39 is 0 Å². The lowest BCUT2D eigenvalue weighted by Crippen LogP contribution is -2.29. The van der Waals surface area contributed by atoms with Crippen LogP contribution in [0.25, 0.3) is 0 Å². The smallest absolute Gasteiger partial charge is 0.161 e. The van der Waals surface area contributed by atoms with Crippen LogP contribution >= 0.6 is 0 Å². The molecule has 0 aromatic rings. The summed E-state index contributed by atoms with van der Waals surface area (Å²) in [6.45, 7) is 8.67. The molecule has 4 heteroatoms. The fourth-order valence-electron chi connectivity index (χ4n) is 5.38. The molecule has 32 heavy (non-hydrogen) atoms. The molecule has 3 atom stereocenters. The first kappa shape index (κ1) is 27.2. The van der Waals surface area contributed by atoms with Gasteiger partial charge in [0.15, 0.2) is 5.78 Å². The van der Waals surface area contributed by atoms with E-state index in [-0.39, 0.29) is 41.8 Å². The molecular formula is C28H48O4. The second-order valence-electron chi connectivity index (χ2n) is 12.1. The number of rotatable bonds is 12. The quantitative estimate of drug-likeness (QED) is 0.357. The van der Waals surface area contributed by atoms with E-state index in [1.54, 1.807) is 0 Å². The molecule has 0 spiro atoms. The molecule has 0 amide bonds. The van der Waals surface area contributed by atoms with Crippen molar-refractivity contribution in [3.05, 3.63) is 11.6 Å². The Morgan fingerprint density at radius 1 is 0.812 bits per heavy atom. The summed E-state index contributed by atoms with van der Waals surface area (Å²) in [4.78, 5) is 26.1. The minimum absolute atomic E-state index is 0.0622. The van der Waals surface area contributed by atoms with Gasteiger partial charge in [0.2, 0.25) is 0 Å². The largest absolute Gasteiger partial charge is 0.396 e. The lowest BCUT2D eigenvalue weighted by atomic mass is 9.74. The Bertz CT molecular complexity index is 646. The third kappa shape index (κ3) is 8.41. The van der Waals surface area contributed by atoms with Gasteiger partial charge in [-0.25, -0.2) is 0 Å². The Labute approximate surface area is 196 Å². The topological polar surface area (TPSA) is 74.6 Å². The van der Waals surface area contributed by atoms with Crippen molar-refractivity contribution < 1.29 is 19.8 Å². The molecule has 0 aromatic carbocycles. The molecular weight excluding hydrogens is 400 g/mol. The Balaban J connectivity index is 1.85. The summed E-state index contributed by atoms with van der Waals surface area (Å²) in [6, 6.07) is 0. The summed E-state index contributed by atoms with van der Waals surface area (Å²) in [5, 5.41) is 18.9. The number of carbonyl (C=O) groups is 2. The molecule has 2 fully saturated rings. The van der Waals surface area contributed by atoms with Gasteiger partial charge in [-0.15, -0.1) is 0 Å². The molecule has 2 aliphatic carbocycles. The summed E-state index contributed by atoms with van der Waals surface area (Å²) in [5.41, 5.74) is 0.831. The first-order valence-corrected chi connectivity index (χ1v) is 13.1. The molecule has 0 aliphatic heterocycles. The summed E-state index contributed by atoms with van der Waals surface area (Å²) in [5.74, 6) is 1.07. The van der Waals surface area contributed by atoms with Gasteiger partial charge in [0.05, 0.1) is 0 Å². The van der Waals surface area contributed by atoms with Gasteiger partial charge < -0.3 is 10.2 Å². The van der Waals surface area contributed by atoms with E-state index >= 15 is 0 Å². The van der Waals surface area contributed by atoms with E-state index in [9.17, 15) is 19.8 Å². The Morgan fingerprint density at radius 2 is 1.34 bits per heavy atom. The first-order chi connectivity index (χ1) is 15.1. The van der Waals surface area contributed by atoms with Crippen LogP contribution in [0.3, 0.4) is 0 Å². The third-order valence-electron chi connectivity index (χ3n) is 7.91. The zero-order valence-corrected chi connectivity index (χ0v) is 21.1. The average molecular weight is 449 g/mol. The van der Waals surface area contributed by atoms with Gasteiger partial charge in [-0.2, -0.15) is 0 Å². The van der Waals surface area contributed by atoms with Gasteiger partial charge in [0, 0.05) is 31.0 Å². The van der Waals surface area contributed by atoms with Crippen LogP contribution in [0.15, 0.2) is 11.6 Å². The zero-order chi connectivity index (χ0) is 23.8. The number of aliphatic hydroxyl groups excluding tert-OH is 2. The molecule has 2 rings (SSSR count). The van der Waals surface area contributed by atoms with Crippen LogP contribution in [0.1, 0.15) is 111 Å². The van der Waals surface area contributed by atoms with Crippen LogP contribution in [0, 0.1) is 28.6 Å². The maximum absolute atomic E-state index is 13.0. The minimum atomic E-state index is -0.0673. The van der Waals surface area contributed by atoms with Crippen LogP contribution in [-0.4, -0.2) is 35.0 Å². The van der Waals surface area contributed by atoms with Crippen LogP contribution in [-0.2, 0) is 9.59 Å². The number of carbonyl (C=O) groups excluding carboxylic acids is 2. The van der Waals surface area contributed by atoms with Crippen LogP contribution < -0.4 is 0 Å². The summed E-state index contributed by atoms with van der Waals surface area (Å²) < 4.78 is 0. The maximum Gasteiger partial charge on any atom is 0.161 e. The van der Waals surface area contributed by atoms with Crippen molar-refractivity contribution in [2.75, 3.05) is 13.2 Å². The first-order valence-electron chi connectivity index (χ1n) is 13.1.